The molecule has 128 valence electrons. The summed E-state index contributed by atoms with van der Waals surface area (Å²) in [4.78, 5) is 0.949. The van der Waals surface area contributed by atoms with Crippen molar-refractivity contribution in [3.8, 4) is 6.07 Å². The Morgan fingerprint density at radius 1 is 1.16 bits per heavy atom. The molecule has 3 N–H and O–H groups in total. The second kappa shape index (κ2) is 8.97. The van der Waals surface area contributed by atoms with Crippen molar-refractivity contribution in [1.29, 1.82) is 5.26 Å². The third kappa shape index (κ3) is 5.14. The summed E-state index contributed by atoms with van der Waals surface area (Å²) < 4.78 is 36.1. The first-order valence-electron chi connectivity index (χ1n) is 7.38. The van der Waals surface area contributed by atoms with Crippen LogP contribution in [0.4, 0.5) is 14.5 Å². The Morgan fingerprint density at radius 3 is 2.68 bits per heavy atom. The lowest BCUT2D eigenvalue weighted by molar-refractivity contribution is -0.367. The molecule has 3 rings (SSSR count). The Labute approximate surface area is 148 Å². The minimum Gasteiger partial charge on any atom is -0.396 e. The first-order chi connectivity index (χ1) is 12.0. The molecule has 1 aromatic carbocycles. The summed E-state index contributed by atoms with van der Waals surface area (Å²) in [7, 11) is 0. The summed E-state index contributed by atoms with van der Waals surface area (Å²) >= 11 is 0.824. The van der Waals surface area contributed by atoms with E-state index in [0.717, 1.165) is 41.9 Å². The highest BCUT2D eigenvalue weighted by atomic mass is 32.2. The first-order valence-corrected chi connectivity index (χ1v) is 8.15. The Hall–Kier alpha value is -2.69. The lowest BCUT2D eigenvalue weighted by atomic mass is 10.1. The standard InChI is InChI=1S/C11H11NOS.C7H4F2N2/c13-14-11-9-12-7-5-3-1-2-4-6-10(11)8-12;8-5-2-7(11)6(9)1-4(5)3-10/h1-3,5,7-9H,4,6H2;1-2H,11H2/p+1/b2-1-,5-3-,12-7?;. The highest BCUT2D eigenvalue weighted by Gasteiger charge is 2.18. The average molecular weight is 360 g/mol. The van der Waals surface area contributed by atoms with Crippen LogP contribution in [-0.4, -0.2) is 15.3 Å². The Balaban J connectivity index is 0.000000186. The molecule has 0 unspecified atom stereocenters. The fourth-order valence-corrected chi connectivity index (χ4v) is 2.57. The van der Waals surface area contributed by atoms with E-state index in [0.29, 0.717) is 0 Å². The number of rotatable bonds is 1. The van der Waals surface area contributed by atoms with Crippen molar-refractivity contribution < 1.29 is 17.9 Å². The lowest BCUT2D eigenvalue weighted by Gasteiger charge is -1.96. The molecule has 0 aromatic heterocycles. The Morgan fingerprint density at radius 2 is 1.96 bits per heavy atom. The molecular weight excluding hydrogens is 344 g/mol. The van der Waals surface area contributed by atoms with Crippen LogP contribution in [0.5, 0.6) is 0 Å². The number of hydrogen-bond acceptors (Lipinski definition) is 4. The van der Waals surface area contributed by atoms with E-state index in [4.69, 9.17) is 15.5 Å². The second-order valence-corrected chi connectivity index (χ2v) is 5.77. The van der Waals surface area contributed by atoms with Gasteiger partial charge in [0.1, 0.15) is 22.6 Å². The molecule has 0 saturated heterocycles. The van der Waals surface area contributed by atoms with Gasteiger partial charge in [-0.15, -0.1) is 0 Å². The van der Waals surface area contributed by atoms with Gasteiger partial charge < -0.3 is 10.3 Å². The number of benzene rings is 1. The van der Waals surface area contributed by atoms with Crippen molar-refractivity contribution in [3.63, 3.8) is 0 Å². The van der Waals surface area contributed by atoms with E-state index < -0.39 is 11.6 Å². The molecule has 1 aromatic rings. The van der Waals surface area contributed by atoms with Gasteiger partial charge in [-0.05, 0) is 18.9 Å². The van der Waals surface area contributed by atoms with Crippen molar-refractivity contribution in [2.24, 2.45) is 0 Å². The van der Waals surface area contributed by atoms with E-state index in [1.807, 2.05) is 29.1 Å². The van der Waals surface area contributed by atoms with E-state index in [2.05, 4.69) is 18.4 Å². The molecular formula is C18H16F2N3OS+. The normalized spacial score (nSPS) is 17.9. The SMILES string of the molecule is N#Cc1cc(F)c(N)cc1F.OSC1=C[N+]2=C/C=C\C=C/CCC1=C2. The van der Waals surface area contributed by atoms with E-state index in [1.165, 1.54) is 11.6 Å². The highest BCUT2D eigenvalue weighted by molar-refractivity contribution is 7.97. The number of nitriles is 1. The number of nitrogens with zero attached hydrogens (tertiary/aromatic N) is 2. The summed E-state index contributed by atoms with van der Waals surface area (Å²) in [5.74, 6) is -1.57. The van der Waals surface area contributed by atoms with Crippen LogP contribution in [0.1, 0.15) is 18.4 Å². The first kappa shape index (κ1) is 18.6. The third-order valence-corrected chi connectivity index (χ3v) is 3.95. The van der Waals surface area contributed by atoms with Crippen molar-refractivity contribution in [2.75, 3.05) is 5.73 Å². The smallest absolute Gasteiger partial charge is 0.190 e. The summed E-state index contributed by atoms with van der Waals surface area (Å²) in [6, 6.07) is 3.05. The molecule has 0 amide bonds. The second-order valence-electron chi connectivity index (χ2n) is 5.15. The maximum absolute atomic E-state index is 12.6. The van der Waals surface area contributed by atoms with Gasteiger partial charge in [0.2, 0.25) is 0 Å². The van der Waals surface area contributed by atoms with Gasteiger partial charge in [-0.25, -0.2) is 8.78 Å². The van der Waals surface area contributed by atoms with Gasteiger partial charge in [-0.3, -0.25) is 0 Å². The number of nitrogens with two attached hydrogens (primary N) is 1. The molecule has 4 nitrogen and oxygen atoms in total. The fraction of sp³-hybridized carbons (Fsp3) is 0.111. The molecule has 7 heteroatoms. The van der Waals surface area contributed by atoms with E-state index in [-0.39, 0.29) is 11.3 Å². The maximum atomic E-state index is 12.6. The Kier molecular flexibility index (Phi) is 6.69. The molecule has 25 heavy (non-hydrogen) atoms. The summed E-state index contributed by atoms with van der Waals surface area (Å²) in [5.41, 5.74) is 5.60. The largest absolute Gasteiger partial charge is 0.396 e. The van der Waals surface area contributed by atoms with Gasteiger partial charge in [0.25, 0.3) is 0 Å². The van der Waals surface area contributed by atoms with Gasteiger partial charge in [0.05, 0.1) is 11.3 Å². The number of halogens is 2. The third-order valence-electron chi connectivity index (χ3n) is 3.39. The molecule has 0 atom stereocenters. The van der Waals surface area contributed by atoms with E-state index >= 15 is 0 Å². The molecule has 0 fully saturated rings. The van der Waals surface area contributed by atoms with Gasteiger partial charge in [0.15, 0.2) is 18.6 Å². The van der Waals surface area contributed by atoms with Crippen LogP contribution >= 0.6 is 12.0 Å². The number of anilines is 1. The quantitative estimate of drug-likeness (QED) is 0.444. The fourth-order valence-electron chi connectivity index (χ4n) is 2.13. The monoisotopic (exact) mass is 360 g/mol. The van der Waals surface area contributed by atoms with Gasteiger partial charge in [-0.2, -0.15) is 9.84 Å². The zero-order valence-electron chi connectivity index (χ0n) is 13.2. The van der Waals surface area contributed by atoms with Crippen molar-refractivity contribution in [1.82, 2.24) is 0 Å². The Bertz CT molecular complexity index is 849. The van der Waals surface area contributed by atoms with Gasteiger partial charge >= 0.3 is 0 Å². The summed E-state index contributed by atoms with van der Waals surface area (Å²) in [6.07, 6.45) is 16.1. The molecule has 0 saturated carbocycles. The zero-order chi connectivity index (χ0) is 18.2. The molecule has 0 radical (unpaired) electrons. The summed E-state index contributed by atoms with van der Waals surface area (Å²) in [5, 5.41) is 8.24. The van der Waals surface area contributed by atoms with E-state index in [1.54, 1.807) is 0 Å². The maximum Gasteiger partial charge on any atom is 0.190 e. The topological polar surface area (TPSA) is 73.1 Å². The van der Waals surface area contributed by atoms with Crippen molar-refractivity contribution in [2.45, 2.75) is 12.8 Å². The molecule has 2 aliphatic rings. The molecule has 2 bridgehead atoms. The number of nitrogen functional groups attached to an aromatic ring is 1. The molecule has 0 aliphatic carbocycles. The summed E-state index contributed by atoms with van der Waals surface area (Å²) in [6.45, 7) is 0. The highest BCUT2D eigenvalue weighted by Crippen LogP contribution is 2.29. The van der Waals surface area contributed by atoms with Crippen LogP contribution in [-0.2, 0) is 0 Å². The zero-order valence-corrected chi connectivity index (χ0v) is 14.0. The van der Waals surface area contributed by atoms with Crippen molar-refractivity contribution in [3.05, 3.63) is 76.5 Å². The predicted molar refractivity (Wildman–Crippen MR) is 95.7 cm³/mol. The van der Waals surface area contributed by atoms with Crippen LogP contribution in [0.25, 0.3) is 0 Å². The van der Waals surface area contributed by atoms with Crippen LogP contribution < -0.4 is 5.73 Å². The minimum atomic E-state index is -0.800. The number of hydrogen-bond donors (Lipinski definition) is 2. The van der Waals surface area contributed by atoms with Crippen molar-refractivity contribution >= 4 is 23.9 Å². The van der Waals surface area contributed by atoms with Gasteiger partial charge in [-0.1, -0.05) is 18.2 Å². The van der Waals surface area contributed by atoms with Crippen LogP contribution in [0.2, 0.25) is 0 Å². The van der Waals surface area contributed by atoms with Crippen LogP contribution in [0, 0.1) is 23.0 Å². The predicted octanol–water partition coefficient (Wildman–Crippen LogP) is 4.34. The molecule has 2 heterocycles. The molecule has 0 spiro atoms. The average Bonchev–Trinajstić information content (AvgIpc) is 2.99. The minimum absolute atomic E-state index is 0.290. The van der Waals surface area contributed by atoms with Gasteiger partial charge in [0, 0.05) is 29.8 Å². The van der Waals surface area contributed by atoms with Crippen LogP contribution in [0.15, 0.2) is 59.3 Å². The van der Waals surface area contributed by atoms with Crippen LogP contribution in [0.3, 0.4) is 0 Å². The molecule has 2 aliphatic heterocycles. The lowest BCUT2D eigenvalue weighted by Crippen LogP contribution is -1.94. The number of fused-ring (bicyclic) bond motifs is 1. The van der Waals surface area contributed by atoms with E-state index in [9.17, 15) is 8.78 Å². The number of allylic oxidation sites excluding steroid dienone is 5.